The first-order valence-electron chi connectivity index (χ1n) is 13.8. The smallest absolute Gasteiger partial charge is 0.264 e. The summed E-state index contributed by atoms with van der Waals surface area (Å²) in [5.41, 5.74) is 1.10. The summed E-state index contributed by atoms with van der Waals surface area (Å²) in [4.78, 5) is 28.7. The molecular formula is C31H36ClN3O5S. The van der Waals surface area contributed by atoms with Crippen molar-refractivity contribution < 1.29 is 22.7 Å². The molecule has 1 fully saturated rings. The fourth-order valence-electron chi connectivity index (χ4n) is 4.89. The van der Waals surface area contributed by atoms with Crippen molar-refractivity contribution in [3.05, 3.63) is 89.4 Å². The molecule has 0 aliphatic heterocycles. The number of benzene rings is 3. The summed E-state index contributed by atoms with van der Waals surface area (Å²) < 4.78 is 34.4. The number of ether oxygens (including phenoxy) is 1. The van der Waals surface area contributed by atoms with E-state index in [0.29, 0.717) is 23.1 Å². The van der Waals surface area contributed by atoms with Crippen molar-refractivity contribution in [2.24, 2.45) is 0 Å². The highest BCUT2D eigenvalue weighted by Gasteiger charge is 2.33. The monoisotopic (exact) mass is 597 g/mol. The number of halogens is 1. The normalized spacial score (nSPS) is 14.3. The number of amides is 2. The van der Waals surface area contributed by atoms with Crippen molar-refractivity contribution in [2.45, 2.75) is 63.1 Å². The van der Waals surface area contributed by atoms with Gasteiger partial charge in [0.25, 0.3) is 10.0 Å². The van der Waals surface area contributed by atoms with Crippen LogP contribution in [0.15, 0.2) is 83.8 Å². The molecule has 0 spiro atoms. The van der Waals surface area contributed by atoms with Crippen molar-refractivity contribution in [2.75, 3.05) is 17.5 Å². The van der Waals surface area contributed by atoms with Gasteiger partial charge in [-0.1, -0.05) is 54.8 Å². The number of rotatable bonds is 12. The minimum absolute atomic E-state index is 0.0221. The van der Waals surface area contributed by atoms with Gasteiger partial charge in [0, 0.05) is 17.6 Å². The molecule has 2 amide bonds. The molecule has 10 heteroatoms. The topological polar surface area (TPSA) is 96.0 Å². The second-order valence-corrected chi connectivity index (χ2v) is 12.4. The van der Waals surface area contributed by atoms with Crippen LogP contribution in [-0.4, -0.2) is 50.4 Å². The van der Waals surface area contributed by atoms with E-state index in [-0.39, 0.29) is 23.4 Å². The van der Waals surface area contributed by atoms with Crippen molar-refractivity contribution in [1.29, 1.82) is 0 Å². The molecule has 1 saturated carbocycles. The number of para-hydroxylation sites is 1. The molecule has 0 saturated heterocycles. The molecule has 0 aromatic heterocycles. The predicted molar refractivity (Wildman–Crippen MR) is 160 cm³/mol. The Morgan fingerprint density at radius 1 is 0.976 bits per heavy atom. The van der Waals surface area contributed by atoms with E-state index < -0.39 is 28.5 Å². The van der Waals surface area contributed by atoms with Gasteiger partial charge in [0.15, 0.2) is 0 Å². The number of nitrogens with one attached hydrogen (secondary N) is 1. The maximum atomic E-state index is 14.0. The van der Waals surface area contributed by atoms with Crippen LogP contribution in [0, 0.1) is 0 Å². The van der Waals surface area contributed by atoms with Crippen molar-refractivity contribution in [3.63, 3.8) is 0 Å². The van der Waals surface area contributed by atoms with Crippen LogP contribution in [0.2, 0.25) is 5.02 Å². The van der Waals surface area contributed by atoms with E-state index in [4.69, 9.17) is 16.3 Å². The summed E-state index contributed by atoms with van der Waals surface area (Å²) in [5, 5.41) is 3.62. The van der Waals surface area contributed by atoms with Gasteiger partial charge < -0.3 is 15.0 Å². The average molecular weight is 598 g/mol. The highest BCUT2D eigenvalue weighted by atomic mass is 35.5. The van der Waals surface area contributed by atoms with E-state index in [2.05, 4.69) is 5.32 Å². The third kappa shape index (κ3) is 7.80. The third-order valence-corrected chi connectivity index (χ3v) is 9.22. The van der Waals surface area contributed by atoms with E-state index in [0.717, 1.165) is 35.6 Å². The highest BCUT2D eigenvalue weighted by molar-refractivity contribution is 7.92. The lowest BCUT2D eigenvalue weighted by molar-refractivity contribution is -0.139. The first kappa shape index (κ1) is 30.4. The van der Waals surface area contributed by atoms with Crippen molar-refractivity contribution in [3.8, 4) is 5.75 Å². The lowest BCUT2D eigenvalue weighted by atomic mass is 10.1. The quantitative estimate of drug-likeness (QED) is 0.301. The van der Waals surface area contributed by atoms with Crippen molar-refractivity contribution >= 4 is 39.1 Å². The SMILES string of the molecule is CCOc1ccc(S(=O)(=O)N(CC(=O)N(Cc2ccc(Cl)cc2)C(C)C(=O)NC2CCCC2)c2ccccc2)cc1. The Balaban J connectivity index is 1.65. The number of carbonyl (C=O) groups excluding carboxylic acids is 2. The van der Waals surface area contributed by atoms with Gasteiger partial charge in [-0.25, -0.2) is 8.42 Å². The molecule has 0 bridgehead atoms. The lowest BCUT2D eigenvalue weighted by Crippen LogP contribution is -2.52. The Hall–Kier alpha value is -3.56. The molecule has 1 aliphatic rings. The highest BCUT2D eigenvalue weighted by Crippen LogP contribution is 2.26. The summed E-state index contributed by atoms with van der Waals surface area (Å²) in [7, 11) is -4.15. The van der Waals surface area contributed by atoms with Crippen LogP contribution in [0.5, 0.6) is 5.75 Å². The van der Waals surface area contributed by atoms with Gasteiger partial charge >= 0.3 is 0 Å². The first-order chi connectivity index (χ1) is 19.7. The van der Waals surface area contributed by atoms with Crippen LogP contribution in [0.3, 0.4) is 0 Å². The molecule has 4 rings (SSSR count). The van der Waals surface area contributed by atoms with Crippen LogP contribution in [0.1, 0.15) is 45.1 Å². The Morgan fingerprint density at radius 2 is 1.61 bits per heavy atom. The molecule has 8 nitrogen and oxygen atoms in total. The molecule has 1 unspecified atom stereocenters. The molecule has 1 aliphatic carbocycles. The Bertz CT molecular complexity index is 1410. The zero-order chi connectivity index (χ0) is 29.4. The van der Waals surface area contributed by atoms with E-state index in [9.17, 15) is 18.0 Å². The van der Waals surface area contributed by atoms with Gasteiger partial charge in [-0.3, -0.25) is 13.9 Å². The molecule has 1 N–H and O–H groups in total. The fraction of sp³-hybridized carbons (Fsp3) is 0.355. The lowest BCUT2D eigenvalue weighted by Gasteiger charge is -2.32. The van der Waals surface area contributed by atoms with Crippen LogP contribution < -0.4 is 14.4 Å². The number of anilines is 1. The van der Waals surface area contributed by atoms with Gasteiger partial charge in [-0.05, 0) is 80.8 Å². The summed E-state index contributed by atoms with van der Waals surface area (Å²) in [6.45, 7) is 3.59. The first-order valence-corrected chi connectivity index (χ1v) is 15.7. The van der Waals surface area contributed by atoms with E-state index in [1.165, 1.54) is 17.0 Å². The second-order valence-electron chi connectivity index (χ2n) is 10.1. The zero-order valence-electron chi connectivity index (χ0n) is 23.3. The molecular weight excluding hydrogens is 562 g/mol. The Labute approximate surface area is 247 Å². The summed E-state index contributed by atoms with van der Waals surface area (Å²) in [6.07, 6.45) is 3.93. The largest absolute Gasteiger partial charge is 0.494 e. The number of hydrogen-bond donors (Lipinski definition) is 1. The Kier molecular flexibility index (Phi) is 10.3. The molecule has 3 aromatic rings. The number of hydrogen-bond acceptors (Lipinski definition) is 5. The third-order valence-electron chi connectivity index (χ3n) is 7.18. The van der Waals surface area contributed by atoms with Gasteiger partial charge in [0.2, 0.25) is 11.8 Å². The molecule has 3 aromatic carbocycles. The molecule has 1 atom stereocenters. The van der Waals surface area contributed by atoms with Gasteiger partial charge in [-0.15, -0.1) is 0 Å². The number of nitrogens with zero attached hydrogens (tertiary/aromatic N) is 2. The minimum atomic E-state index is -4.15. The molecule has 0 heterocycles. The summed E-state index contributed by atoms with van der Waals surface area (Å²) in [6, 6.07) is 20.8. The summed E-state index contributed by atoms with van der Waals surface area (Å²) >= 11 is 6.07. The second kappa shape index (κ2) is 13.9. The predicted octanol–water partition coefficient (Wildman–Crippen LogP) is 5.41. The van der Waals surface area contributed by atoms with Gasteiger partial charge in [-0.2, -0.15) is 0 Å². The number of carbonyl (C=O) groups is 2. The van der Waals surface area contributed by atoms with Crippen molar-refractivity contribution in [1.82, 2.24) is 10.2 Å². The molecule has 218 valence electrons. The van der Waals surface area contributed by atoms with Gasteiger partial charge in [0.05, 0.1) is 17.2 Å². The molecule has 41 heavy (non-hydrogen) atoms. The summed E-state index contributed by atoms with van der Waals surface area (Å²) in [5.74, 6) is -0.225. The van der Waals surface area contributed by atoms with Crippen LogP contribution in [0.25, 0.3) is 0 Å². The Morgan fingerprint density at radius 3 is 2.22 bits per heavy atom. The fourth-order valence-corrected chi connectivity index (χ4v) is 6.43. The average Bonchev–Trinajstić information content (AvgIpc) is 3.49. The van der Waals surface area contributed by atoms with E-state index in [1.807, 2.05) is 6.92 Å². The number of sulfonamides is 1. The van der Waals surface area contributed by atoms with Crippen LogP contribution in [-0.2, 0) is 26.2 Å². The maximum Gasteiger partial charge on any atom is 0.264 e. The maximum absolute atomic E-state index is 14.0. The van der Waals surface area contributed by atoms with Gasteiger partial charge in [0.1, 0.15) is 18.3 Å². The minimum Gasteiger partial charge on any atom is -0.494 e. The zero-order valence-corrected chi connectivity index (χ0v) is 24.9. The van der Waals surface area contributed by atoms with Crippen LogP contribution in [0.4, 0.5) is 5.69 Å². The van der Waals surface area contributed by atoms with E-state index in [1.54, 1.807) is 73.7 Å². The molecule has 0 radical (unpaired) electrons. The van der Waals surface area contributed by atoms with E-state index >= 15 is 0 Å². The standard InChI is InChI=1S/C31H36ClN3O5S/c1-3-40-28-17-19-29(20-18-28)41(38,39)35(27-11-5-4-6-12-27)22-30(36)34(21-24-13-15-25(32)16-14-24)23(2)31(37)33-26-9-7-8-10-26/h4-6,11-20,23,26H,3,7-10,21-22H2,1-2H3,(H,33,37). The van der Waals surface area contributed by atoms with Crippen LogP contribution >= 0.6 is 11.6 Å².